The van der Waals surface area contributed by atoms with Crippen LogP contribution in [0.25, 0.3) is 10.9 Å². The van der Waals surface area contributed by atoms with Gasteiger partial charge in [0.25, 0.3) is 5.56 Å². The number of aromatic amines is 1. The number of rotatable bonds is 5. The van der Waals surface area contributed by atoms with Crippen molar-refractivity contribution in [3.63, 3.8) is 0 Å². The summed E-state index contributed by atoms with van der Waals surface area (Å²) in [6.45, 7) is 2.47. The van der Waals surface area contributed by atoms with Gasteiger partial charge < -0.3 is 10.3 Å². The third kappa shape index (κ3) is 3.71. The lowest BCUT2D eigenvalue weighted by Crippen LogP contribution is -2.24. The van der Waals surface area contributed by atoms with Crippen LogP contribution in [-0.4, -0.2) is 10.9 Å². The normalized spacial score (nSPS) is 10.7. The van der Waals surface area contributed by atoms with Gasteiger partial charge in [0.2, 0.25) is 5.91 Å². The summed E-state index contributed by atoms with van der Waals surface area (Å²) in [6, 6.07) is 17.5. The standard InChI is InChI=1S/C20H20N2O2/c1-14-6-5-9-16-12-17(20(24)22-19(14)16)10-11-18(23)21-13-15-7-3-2-4-8-15/h2-9,12H,10-11,13H2,1H3,(H,21,23)(H,22,24). The van der Waals surface area contributed by atoms with Crippen LogP contribution in [-0.2, 0) is 17.8 Å². The van der Waals surface area contributed by atoms with Gasteiger partial charge in [0.1, 0.15) is 0 Å². The van der Waals surface area contributed by atoms with Crippen LogP contribution in [0.4, 0.5) is 0 Å². The Balaban J connectivity index is 1.64. The van der Waals surface area contributed by atoms with Crippen LogP contribution in [0.5, 0.6) is 0 Å². The molecule has 0 atom stereocenters. The van der Waals surface area contributed by atoms with E-state index >= 15 is 0 Å². The van der Waals surface area contributed by atoms with E-state index < -0.39 is 0 Å². The number of carbonyl (C=O) groups is 1. The van der Waals surface area contributed by atoms with Crippen LogP contribution in [0.15, 0.2) is 59.4 Å². The quantitative estimate of drug-likeness (QED) is 0.759. The van der Waals surface area contributed by atoms with Crippen molar-refractivity contribution in [1.82, 2.24) is 10.3 Å². The topological polar surface area (TPSA) is 62.0 Å². The summed E-state index contributed by atoms with van der Waals surface area (Å²) in [5.41, 5.74) is 3.48. The SMILES string of the molecule is Cc1cccc2cc(CCC(=O)NCc3ccccc3)c(=O)[nH]c12. The van der Waals surface area contributed by atoms with Gasteiger partial charge in [-0.05, 0) is 35.9 Å². The van der Waals surface area contributed by atoms with Gasteiger partial charge in [-0.3, -0.25) is 9.59 Å². The number of fused-ring (bicyclic) bond motifs is 1. The molecule has 3 aromatic rings. The molecule has 1 heterocycles. The number of amides is 1. The number of aromatic nitrogens is 1. The average Bonchev–Trinajstić information content (AvgIpc) is 2.60. The lowest BCUT2D eigenvalue weighted by atomic mass is 10.1. The molecule has 122 valence electrons. The van der Waals surface area contributed by atoms with Crippen molar-refractivity contribution in [2.24, 2.45) is 0 Å². The van der Waals surface area contributed by atoms with Gasteiger partial charge >= 0.3 is 0 Å². The van der Waals surface area contributed by atoms with Crippen molar-refractivity contribution >= 4 is 16.8 Å². The van der Waals surface area contributed by atoms with E-state index in [1.165, 1.54) is 0 Å². The van der Waals surface area contributed by atoms with E-state index in [0.29, 0.717) is 24.9 Å². The van der Waals surface area contributed by atoms with E-state index in [2.05, 4.69) is 10.3 Å². The van der Waals surface area contributed by atoms with Crippen molar-refractivity contribution in [2.45, 2.75) is 26.3 Å². The molecule has 0 saturated carbocycles. The van der Waals surface area contributed by atoms with E-state index in [1.54, 1.807) is 0 Å². The van der Waals surface area contributed by atoms with Crippen molar-refractivity contribution < 1.29 is 4.79 Å². The molecule has 2 aromatic carbocycles. The van der Waals surface area contributed by atoms with E-state index in [4.69, 9.17) is 0 Å². The molecule has 24 heavy (non-hydrogen) atoms. The van der Waals surface area contributed by atoms with E-state index in [-0.39, 0.29) is 11.5 Å². The van der Waals surface area contributed by atoms with Gasteiger partial charge in [-0.25, -0.2) is 0 Å². The van der Waals surface area contributed by atoms with Crippen LogP contribution in [0.2, 0.25) is 0 Å². The largest absolute Gasteiger partial charge is 0.352 e. The number of hydrogen-bond donors (Lipinski definition) is 2. The van der Waals surface area contributed by atoms with Gasteiger partial charge in [-0.2, -0.15) is 0 Å². The smallest absolute Gasteiger partial charge is 0.251 e. The zero-order valence-corrected chi connectivity index (χ0v) is 13.6. The number of benzene rings is 2. The van der Waals surface area contributed by atoms with Crippen LogP contribution < -0.4 is 10.9 Å². The highest BCUT2D eigenvalue weighted by Gasteiger charge is 2.07. The van der Waals surface area contributed by atoms with E-state index in [1.807, 2.05) is 61.5 Å². The molecule has 4 nitrogen and oxygen atoms in total. The fraction of sp³-hybridized carbons (Fsp3) is 0.200. The molecule has 0 unspecified atom stereocenters. The Kier molecular flexibility index (Phi) is 4.75. The maximum Gasteiger partial charge on any atom is 0.251 e. The summed E-state index contributed by atoms with van der Waals surface area (Å²) in [6.07, 6.45) is 0.729. The minimum Gasteiger partial charge on any atom is -0.352 e. The summed E-state index contributed by atoms with van der Waals surface area (Å²) >= 11 is 0. The first-order valence-corrected chi connectivity index (χ1v) is 8.05. The van der Waals surface area contributed by atoms with Gasteiger partial charge in [0, 0.05) is 18.5 Å². The highest BCUT2D eigenvalue weighted by atomic mass is 16.1. The molecular weight excluding hydrogens is 300 g/mol. The molecular formula is C20H20N2O2. The summed E-state index contributed by atoms with van der Waals surface area (Å²) in [5, 5.41) is 3.88. The first-order valence-electron chi connectivity index (χ1n) is 8.05. The van der Waals surface area contributed by atoms with Gasteiger partial charge in [-0.15, -0.1) is 0 Å². The second-order valence-corrected chi connectivity index (χ2v) is 5.93. The molecule has 0 spiro atoms. The van der Waals surface area contributed by atoms with Crippen molar-refractivity contribution in [3.05, 3.63) is 81.6 Å². The average molecular weight is 320 g/mol. The van der Waals surface area contributed by atoms with Gasteiger partial charge in [0.05, 0.1) is 5.52 Å². The monoisotopic (exact) mass is 320 g/mol. The maximum atomic E-state index is 12.2. The highest BCUT2D eigenvalue weighted by Crippen LogP contribution is 2.15. The van der Waals surface area contributed by atoms with Crippen molar-refractivity contribution in [3.8, 4) is 0 Å². The molecule has 1 aromatic heterocycles. The molecule has 0 aliphatic carbocycles. The molecule has 1 amide bonds. The van der Waals surface area contributed by atoms with Crippen molar-refractivity contribution in [2.75, 3.05) is 0 Å². The number of aryl methyl sites for hydroxylation is 2. The Bertz CT molecular complexity index is 914. The Morgan fingerprint density at radius 1 is 1.08 bits per heavy atom. The summed E-state index contributed by atoms with van der Waals surface area (Å²) in [7, 11) is 0. The number of para-hydroxylation sites is 1. The third-order valence-corrected chi connectivity index (χ3v) is 4.12. The minimum atomic E-state index is -0.118. The second-order valence-electron chi connectivity index (χ2n) is 5.93. The van der Waals surface area contributed by atoms with Crippen LogP contribution in [0.3, 0.4) is 0 Å². The molecule has 0 saturated heterocycles. The molecule has 0 aliphatic heterocycles. The minimum absolute atomic E-state index is 0.0532. The fourth-order valence-electron chi connectivity index (χ4n) is 2.75. The van der Waals surface area contributed by atoms with Crippen LogP contribution in [0, 0.1) is 6.92 Å². The Hall–Kier alpha value is -2.88. The lowest BCUT2D eigenvalue weighted by Gasteiger charge is -2.07. The van der Waals surface area contributed by atoms with E-state index in [0.717, 1.165) is 22.0 Å². The first kappa shape index (κ1) is 16.0. The molecule has 0 fully saturated rings. The first-order chi connectivity index (χ1) is 11.6. The highest BCUT2D eigenvalue weighted by molar-refractivity contribution is 5.82. The molecule has 4 heteroatoms. The number of H-pyrrole nitrogens is 1. The molecule has 3 rings (SSSR count). The predicted octanol–water partition coefficient (Wildman–Crippen LogP) is 3.09. The van der Waals surface area contributed by atoms with Gasteiger partial charge in [-0.1, -0.05) is 48.5 Å². The third-order valence-electron chi connectivity index (χ3n) is 4.12. The Morgan fingerprint density at radius 3 is 2.67 bits per heavy atom. The molecule has 0 radical (unpaired) electrons. The summed E-state index contributed by atoms with van der Waals surface area (Å²) < 4.78 is 0. The summed E-state index contributed by atoms with van der Waals surface area (Å²) in [5.74, 6) is -0.0532. The molecule has 2 N–H and O–H groups in total. The molecule has 0 aliphatic rings. The van der Waals surface area contributed by atoms with Crippen LogP contribution >= 0.6 is 0 Å². The van der Waals surface area contributed by atoms with Crippen LogP contribution in [0.1, 0.15) is 23.1 Å². The zero-order valence-electron chi connectivity index (χ0n) is 13.6. The Labute approximate surface area is 140 Å². The Morgan fingerprint density at radius 2 is 1.88 bits per heavy atom. The van der Waals surface area contributed by atoms with Gasteiger partial charge in [0.15, 0.2) is 0 Å². The fourth-order valence-corrected chi connectivity index (χ4v) is 2.75. The van der Waals surface area contributed by atoms with E-state index in [9.17, 15) is 9.59 Å². The predicted molar refractivity (Wildman–Crippen MR) is 95.9 cm³/mol. The second kappa shape index (κ2) is 7.13. The number of nitrogens with one attached hydrogen (secondary N) is 2. The number of pyridine rings is 1. The number of hydrogen-bond acceptors (Lipinski definition) is 2. The lowest BCUT2D eigenvalue weighted by molar-refractivity contribution is -0.121. The van der Waals surface area contributed by atoms with Crippen molar-refractivity contribution in [1.29, 1.82) is 0 Å². The maximum absolute atomic E-state index is 12.2. The summed E-state index contributed by atoms with van der Waals surface area (Å²) in [4.78, 5) is 27.1. The number of carbonyl (C=O) groups excluding carboxylic acids is 1. The zero-order chi connectivity index (χ0) is 16.9. The molecule has 0 bridgehead atoms.